The molecule has 4 saturated carbocycles. The van der Waals surface area contributed by atoms with Gasteiger partial charge in [0.05, 0.1) is 5.60 Å². The number of carbonyl (C=O) groups excluding carboxylic acids is 1. The smallest absolute Gasteiger partial charge is 0.139 e. The van der Waals surface area contributed by atoms with Crippen LogP contribution in [0.4, 0.5) is 0 Å². The molecule has 0 aromatic rings. The van der Waals surface area contributed by atoms with Gasteiger partial charge in [-0.15, -0.1) is 6.58 Å². The minimum atomic E-state index is -0.549. The van der Waals surface area contributed by atoms with Crippen LogP contribution in [0.2, 0.25) is 0 Å². The summed E-state index contributed by atoms with van der Waals surface area (Å²) in [6.07, 6.45) is 11.6. The quantitative estimate of drug-likeness (QED) is 0.587. The summed E-state index contributed by atoms with van der Waals surface area (Å²) in [5.74, 6) is 3.30. The zero-order chi connectivity index (χ0) is 18.6. The lowest BCUT2D eigenvalue weighted by molar-refractivity contribution is -0.153. The van der Waals surface area contributed by atoms with Crippen molar-refractivity contribution in [3.8, 4) is 0 Å². The van der Waals surface area contributed by atoms with E-state index in [1.807, 2.05) is 6.08 Å². The first-order valence-corrected chi connectivity index (χ1v) is 10.9. The number of hydrogen-bond acceptors (Lipinski definition) is 3. The van der Waals surface area contributed by atoms with Crippen LogP contribution in [-0.4, -0.2) is 29.6 Å². The van der Waals surface area contributed by atoms with Crippen molar-refractivity contribution >= 4 is 5.78 Å². The Morgan fingerprint density at radius 1 is 1.15 bits per heavy atom. The number of hydrogen-bond donors (Lipinski definition) is 2. The summed E-state index contributed by atoms with van der Waals surface area (Å²) in [7, 11) is 0. The van der Waals surface area contributed by atoms with E-state index in [-0.39, 0.29) is 5.41 Å². The van der Waals surface area contributed by atoms with Crippen LogP contribution >= 0.6 is 0 Å². The average molecular weight is 360 g/mol. The molecule has 0 bridgehead atoms. The molecular formula is C23H37NO2. The minimum Gasteiger partial charge on any atom is -0.389 e. The van der Waals surface area contributed by atoms with E-state index >= 15 is 0 Å². The van der Waals surface area contributed by atoms with Crippen LogP contribution < -0.4 is 5.32 Å². The van der Waals surface area contributed by atoms with Crippen LogP contribution in [-0.2, 0) is 4.79 Å². The molecule has 0 unspecified atom stereocenters. The molecule has 4 aliphatic carbocycles. The van der Waals surface area contributed by atoms with Gasteiger partial charge in [-0.05, 0) is 80.5 Å². The second kappa shape index (κ2) is 6.44. The molecule has 0 aromatic carbocycles. The van der Waals surface area contributed by atoms with Crippen molar-refractivity contribution in [1.29, 1.82) is 0 Å². The monoisotopic (exact) mass is 359 g/mol. The second-order valence-electron chi connectivity index (χ2n) is 10.4. The molecule has 0 amide bonds. The molecule has 0 aromatic heterocycles. The Bertz CT molecular complexity index is 589. The molecule has 0 aliphatic heterocycles. The normalized spacial score (nSPS) is 50.7. The van der Waals surface area contributed by atoms with Gasteiger partial charge in [0.25, 0.3) is 0 Å². The second-order valence-corrected chi connectivity index (χ2v) is 10.4. The lowest BCUT2D eigenvalue weighted by atomic mass is 9.44. The van der Waals surface area contributed by atoms with Gasteiger partial charge in [-0.25, -0.2) is 0 Å². The van der Waals surface area contributed by atoms with Crippen LogP contribution in [0.5, 0.6) is 0 Å². The standard InChI is InChI=1S/C23H37NO2/c1-4-13-24-15-23(26)12-11-21(2)16(14-23)5-6-17-18-7-8-20(25)22(18,3)10-9-19(17)21/h4,16-19,24,26H,1,5-15H2,2-3H3/t16-,17-,18-,19-,21-,22-,23+/m0/s1. The number of nitrogens with one attached hydrogen (secondary N) is 1. The van der Waals surface area contributed by atoms with Gasteiger partial charge in [-0.3, -0.25) is 4.79 Å². The van der Waals surface area contributed by atoms with Gasteiger partial charge >= 0.3 is 0 Å². The van der Waals surface area contributed by atoms with Crippen molar-refractivity contribution < 1.29 is 9.90 Å². The van der Waals surface area contributed by atoms with Crippen molar-refractivity contribution in [2.24, 2.45) is 34.5 Å². The molecule has 146 valence electrons. The van der Waals surface area contributed by atoms with E-state index in [1.165, 1.54) is 19.3 Å². The number of aliphatic hydroxyl groups is 1. The van der Waals surface area contributed by atoms with Gasteiger partial charge in [0.15, 0.2) is 0 Å². The molecule has 2 N–H and O–H groups in total. The number of fused-ring (bicyclic) bond motifs is 5. The Balaban J connectivity index is 1.50. The minimum absolute atomic E-state index is 0.0195. The van der Waals surface area contributed by atoms with Crippen molar-refractivity contribution in [2.75, 3.05) is 13.1 Å². The molecule has 0 radical (unpaired) electrons. The Morgan fingerprint density at radius 3 is 2.73 bits per heavy atom. The first kappa shape index (κ1) is 18.7. The Kier molecular flexibility index (Phi) is 4.63. The highest BCUT2D eigenvalue weighted by molar-refractivity contribution is 5.87. The fraction of sp³-hybridized carbons (Fsp3) is 0.870. The molecule has 3 nitrogen and oxygen atoms in total. The Hall–Kier alpha value is -0.670. The van der Waals surface area contributed by atoms with Gasteiger partial charge in [0, 0.05) is 24.9 Å². The maximum absolute atomic E-state index is 12.5. The summed E-state index contributed by atoms with van der Waals surface area (Å²) in [5, 5.41) is 14.5. The molecule has 26 heavy (non-hydrogen) atoms. The maximum Gasteiger partial charge on any atom is 0.139 e. The summed E-state index contributed by atoms with van der Waals surface area (Å²) < 4.78 is 0. The largest absolute Gasteiger partial charge is 0.389 e. The van der Waals surface area contributed by atoms with E-state index in [2.05, 4.69) is 25.7 Å². The molecule has 4 aliphatic rings. The molecular weight excluding hydrogens is 322 g/mol. The number of rotatable bonds is 4. The highest BCUT2D eigenvalue weighted by Crippen LogP contribution is 2.66. The van der Waals surface area contributed by atoms with Crippen molar-refractivity contribution in [2.45, 2.75) is 77.2 Å². The van der Waals surface area contributed by atoms with Crippen LogP contribution in [0.15, 0.2) is 12.7 Å². The van der Waals surface area contributed by atoms with Crippen LogP contribution in [0.25, 0.3) is 0 Å². The van der Waals surface area contributed by atoms with Crippen LogP contribution in [0, 0.1) is 34.5 Å². The third kappa shape index (κ3) is 2.73. The van der Waals surface area contributed by atoms with E-state index in [1.54, 1.807) is 0 Å². The number of Topliss-reactive ketones (excluding diaryl/α,β-unsaturated/α-hetero) is 1. The number of carbonyl (C=O) groups is 1. The van der Waals surface area contributed by atoms with E-state index in [0.29, 0.717) is 29.6 Å². The van der Waals surface area contributed by atoms with Crippen molar-refractivity contribution in [3.05, 3.63) is 12.7 Å². The molecule has 3 heteroatoms. The lowest BCUT2D eigenvalue weighted by Crippen LogP contribution is -2.57. The molecule has 7 atom stereocenters. The first-order chi connectivity index (χ1) is 12.3. The highest BCUT2D eigenvalue weighted by Gasteiger charge is 2.61. The first-order valence-electron chi connectivity index (χ1n) is 10.9. The average Bonchev–Trinajstić information content (AvgIpc) is 2.91. The summed E-state index contributed by atoms with van der Waals surface area (Å²) in [6, 6.07) is 0. The van der Waals surface area contributed by atoms with Crippen LogP contribution in [0.3, 0.4) is 0 Å². The predicted molar refractivity (Wildman–Crippen MR) is 105 cm³/mol. The fourth-order valence-corrected chi connectivity index (χ4v) is 7.66. The third-order valence-electron chi connectivity index (χ3n) is 9.27. The van der Waals surface area contributed by atoms with Crippen molar-refractivity contribution in [1.82, 2.24) is 5.32 Å². The molecule has 0 heterocycles. The summed E-state index contributed by atoms with van der Waals surface area (Å²) >= 11 is 0. The maximum atomic E-state index is 12.5. The fourth-order valence-electron chi connectivity index (χ4n) is 7.66. The topological polar surface area (TPSA) is 49.3 Å². The van der Waals surface area contributed by atoms with Gasteiger partial charge in [0.2, 0.25) is 0 Å². The number of ketones is 1. The lowest BCUT2D eigenvalue weighted by Gasteiger charge is -2.61. The Morgan fingerprint density at radius 2 is 1.96 bits per heavy atom. The zero-order valence-electron chi connectivity index (χ0n) is 16.7. The van der Waals surface area contributed by atoms with Gasteiger partial charge in [-0.1, -0.05) is 19.9 Å². The summed E-state index contributed by atoms with van der Waals surface area (Å²) in [6.45, 7) is 10.00. The summed E-state index contributed by atoms with van der Waals surface area (Å²) in [4.78, 5) is 12.5. The molecule has 0 saturated heterocycles. The highest BCUT2D eigenvalue weighted by atomic mass is 16.3. The molecule has 4 fully saturated rings. The van der Waals surface area contributed by atoms with Gasteiger partial charge < -0.3 is 10.4 Å². The van der Waals surface area contributed by atoms with Crippen molar-refractivity contribution in [3.63, 3.8) is 0 Å². The van der Waals surface area contributed by atoms with E-state index < -0.39 is 5.60 Å². The van der Waals surface area contributed by atoms with E-state index in [0.717, 1.165) is 56.9 Å². The Labute approximate surface area is 159 Å². The van der Waals surface area contributed by atoms with E-state index in [9.17, 15) is 9.90 Å². The van der Waals surface area contributed by atoms with Gasteiger partial charge in [-0.2, -0.15) is 0 Å². The third-order valence-corrected chi connectivity index (χ3v) is 9.27. The van der Waals surface area contributed by atoms with Crippen LogP contribution in [0.1, 0.15) is 71.6 Å². The summed E-state index contributed by atoms with van der Waals surface area (Å²) in [5.41, 5.74) is -0.207. The van der Waals surface area contributed by atoms with Gasteiger partial charge in [0.1, 0.15) is 5.78 Å². The molecule has 4 rings (SSSR count). The zero-order valence-corrected chi connectivity index (χ0v) is 16.7. The predicted octanol–water partition coefficient (Wildman–Crippen LogP) is 4.10. The SMILES string of the molecule is C=CCNC[C@@]1(O)CC[C@@]2(C)[C@@H](CC[C@@H]3[C@@H]2CC[C@]2(C)C(=O)CC[C@@H]32)C1. The molecule has 0 spiro atoms. The van der Waals surface area contributed by atoms with E-state index in [4.69, 9.17) is 0 Å².